The minimum atomic E-state index is -4.28. The van der Waals surface area contributed by atoms with E-state index < -0.39 is 34.4 Å². The van der Waals surface area contributed by atoms with Crippen LogP contribution in [0.4, 0.5) is 5.69 Å². The van der Waals surface area contributed by atoms with Crippen molar-refractivity contribution in [3.05, 3.63) is 128 Å². The second-order valence-corrected chi connectivity index (χ2v) is 13.1. The van der Waals surface area contributed by atoms with Crippen LogP contribution in [0.2, 0.25) is 20.1 Å². The lowest BCUT2D eigenvalue weighted by atomic mass is 10.0. The Kier molecular flexibility index (Phi) is 11.0. The maximum Gasteiger partial charge on any atom is 0.264 e. The Hall–Kier alpha value is -3.27. The van der Waals surface area contributed by atoms with E-state index in [1.54, 1.807) is 36.4 Å². The number of carbonyl (C=O) groups excluding carboxylic acids is 2. The third-order valence-corrected chi connectivity index (χ3v) is 9.56. The summed E-state index contributed by atoms with van der Waals surface area (Å²) in [5.74, 6) is -1.08. The highest BCUT2D eigenvalue weighted by molar-refractivity contribution is 7.92. The molecule has 224 valence electrons. The SMILES string of the molecule is CNC(=O)[C@H](Cc1ccccc1)N(Cc1ccc(Cl)c(Cl)c1)C(=O)CN(c1cc(Cl)cc(Cl)c1)S(=O)(=O)c1ccccc1. The average molecular weight is 679 g/mol. The molecule has 12 heteroatoms. The zero-order chi connectivity index (χ0) is 31.1. The summed E-state index contributed by atoms with van der Waals surface area (Å²) in [6.07, 6.45) is 0.169. The highest BCUT2D eigenvalue weighted by Crippen LogP contribution is 2.31. The van der Waals surface area contributed by atoms with Crippen molar-refractivity contribution in [3.8, 4) is 0 Å². The van der Waals surface area contributed by atoms with E-state index in [4.69, 9.17) is 46.4 Å². The number of rotatable bonds is 11. The van der Waals surface area contributed by atoms with Crippen LogP contribution in [-0.4, -0.2) is 44.8 Å². The molecule has 0 bridgehead atoms. The smallest absolute Gasteiger partial charge is 0.264 e. The van der Waals surface area contributed by atoms with Crippen LogP contribution in [0.1, 0.15) is 11.1 Å². The number of carbonyl (C=O) groups is 2. The van der Waals surface area contributed by atoms with Crippen molar-refractivity contribution in [1.29, 1.82) is 0 Å². The van der Waals surface area contributed by atoms with Gasteiger partial charge in [0.15, 0.2) is 0 Å². The molecular weight excluding hydrogens is 652 g/mol. The van der Waals surface area contributed by atoms with Crippen LogP contribution >= 0.6 is 46.4 Å². The quantitative estimate of drug-likeness (QED) is 0.187. The first-order valence-electron chi connectivity index (χ1n) is 13.0. The van der Waals surface area contributed by atoms with Gasteiger partial charge in [0.2, 0.25) is 11.8 Å². The Bertz CT molecular complexity index is 1690. The van der Waals surface area contributed by atoms with Crippen molar-refractivity contribution >= 4 is 73.9 Å². The highest BCUT2D eigenvalue weighted by Gasteiger charge is 2.34. The number of sulfonamides is 1. The first-order chi connectivity index (χ1) is 20.5. The molecular formula is C31H27Cl4N3O4S. The van der Waals surface area contributed by atoms with Crippen molar-refractivity contribution in [1.82, 2.24) is 10.2 Å². The number of hydrogen-bond donors (Lipinski definition) is 1. The second kappa shape index (κ2) is 14.5. The fraction of sp³-hybridized carbons (Fsp3) is 0.161. The van der Waals surface area contributed by atoms with E-state index in [0.29, 0.717) is 10.6 Å². The molecule has 1 atom stereocenters. The Labute approximate surface area is 271 Å². The summed E-state index contributed by atoms with van der Waals surface area (Å²) < 4.78 is 28.9. The average Bonchev–Trinajstić information content (AvgIpc) is 2.99. The summed E-state index contributed by atoms with van der Waals surface area (Å²) in [6, 6.07) is 25.0. The summed E-state index contributed by atoms with van der Waals surface area (Å²) in [7, 11) is -2.81. The highest BCUT2D eigenvalue weighted by atomic mass is 35.5. The predicted molar refractivity (Wildman–Crippen MR) is 172 cm³/mol. The van der Waals surface area contributed by atoms with Gasteiger partial charge in [-0.2, -0.15) is 0 Å². The van der Waals surface area contributed by atoms with Gasteiger partial charge in [0.25, 0.3) is 10.0 Å². The van der Waals surface area contributed by atoms with Crippen LogP contribution in [-0.2, 0) is 32.6 Å². The fourth-order valence-electron chi connectivity index (χ4n) is 4.49. The van der Waals surface area contributed by atoms with Gasteiger partial charge in [-0.05, 0) is 53.6 Å². The Morgan fingerprint density at radius 3 is 1.95 bits per heavy atom. The molecule has 0 spiro atoms. The molecule has 0 aromatic heterocycles. The first-order valence-corrected chi connectivity index (χ1v) is 16.0. The number of amides is 2. The molecule has 1 N–H and O–H groups in total. The maximum atomic E-state index is 14.3. The van der Waals surface area contributed by atoms with E-state index in [0.717, 1.165) is 9.87 Å². The van der Waals surface area contributed by atoms with Gasteiger partial charge in [0.1, 0.15) is 12.6 Å². The molecule has 0 heterocycles. The zero-order valence-corrected chi connectivity index (χ0v) is 26.7. The summed E-state index contributed by atoms with van der Waals surface area (Å²) in [4.78, 5) is 28.9. The molecule has 2 amide bonds. The number of nitrogens with zero attached hydrogens (tertiary/aromatic N) is 2. The van der Waals surface area contributed by atoms with Gasteiger partial charge in [-0.3, -0.25) is 13.9 Å². The number of hydrogen-bond acceptors (Lipinski definition) is 4. The van der Waals surface area contributed by atoms with Crippen LogP contribution < -0.4 is 9.62 Å². The maximum absolute atomic E-state index is 14.3. The Morgan fingerprint density at radius 2 is 1.37 bits per heavy atom. The lowest BCUT2D eigenvalue weighted by Gasteiger charge is -2.33. The van der Waals surface area contributed by atoms with E-state index in [-0.39, 0.29) is 38.6 Å². The molecule has 0 saturated heterocycles. The molecule has 0 aliphatic carbocycles. The molecule has 0 aliphatic rings. The molecule has 0 aliphatic heterocycles. The van der Waals surface area contributed by atoms with Gasteiger partial charge in [-0.25, -0.2) is 8.42 Å². The standard InChI is InChI=1S/C31H27Cl4N3O4S/c1-36-31(40)29(15-21-8-4-2-5-9-21)37(19-22-12-13-27(34)28(35)14-22)30(39)20-38(25-17-23(32)16-24(33)18-25)43(41,42)26-10-6-3-7-11-26/h2-14,16-18,29H,15,19-20H2,1H3,(H,36,40)/t29-/m0/s1. The molecule has 0 fully saturated rings. The van der Waals surface area contributed by atoms with Crippen LogP contribution in [0.15, 0.2) is 102 Å². The molecule has 7 nitrogen and oxygen atoms in total. The van der Waals surface area contributed by atoms with Crippen molar-refractivity contribution in [2.75, 3.05) is 17.9 Å². The largest absolute Gasteiger partial charge is 0.357 e. The number of benzene rings is 4. The number of halogens is 4. The van der Waals surface area contributed by atoms with Crippen molar-refractivity contribution < 1.29 is 18.0 Å². The first kappa shape index (κ1) is 32.6. The molecule has 4 rings (SSSR count). The van der Waals surface area contributed by atoms with Crippen LogP contribution in [0.25, 0.3) is 0 Å². The van der Waals surface area contributed by atoms with Crippen molar-refractivity contribution in [2.24, 2.45) is 0 Å². The van der Waals surface area contributed by atoms with Crippen molar-refractivity contribution in [2.45, 2.75) is 23.9 Å². The molecule has 43 heavy (non-hydrogen) atoms. The summed E-state index contributed by atoms with van der Waals surface area (Å²) in [5, 5.41) is 3.60. The number of nitrogens with one attached hydrogen (secondary N) is 1. The molecule has 0 unspecified atom stereocenters. The molecule has 0 radical (unpaired) electrons. The number of anilines is 1. The molecule has 0 saturated carbocycles. The fourth-order valence-corrected chi connectivity index (χ4v) is 6.74. The normalized spacial score (nSPS) is 11.9. The monoisotopic (exact) mass is 677 g/mol. The van der Waals surface area contributed by atoms with E-state index in [1.165, 1.54) is 42.3 Å². The Morgan fingerprint density at radius 1 is 0.767 bits per heavy atom. The minimum Gasteiger partial charge on any atom is -0.357 e. The zero-order valence-electron chi connectivity index (χ0n) is 22.9. The van der Waals surface area contributed by atoms with Gasteiger partial charge in [-0.1, -0.05) is 101 Å². The van der Waals surface area contributed by atoms with E-state index >= 15 is 0 Å². The van der Waals surface area contributed by atoms with Crippen molar-refractivity contribution in [3.63, 3.8) is 0 Å². The molecule has 4 aromatic rings. The summed E-state index contributed by atoms with van der Waals surface area (Å²) in [6.45, 7) is -0.715. The van der Waals surface area contributed by atoms with Crippen LogP contribution in [0.5, 0.6) is 0 Å². The van der Waals surface area contributed by atoms with Crippen LogP contribution in [0, 0.1) is 0 Å². The molecule has 4 aromatic carbocycles. The predicted octanol–water partition coefficient (Wildman–Crippen LogP) is 6.88. The topological polar surface area (TPSA) is 86.8 Å². The van der Waals surface area contributed by atoms with Gasteiger partial charge >= 0.3 is 0 Å². The summed E-state index contributed by atoms with van der Waals surface area (Å²) >= 11 is 24.9. The minimum absolute atomic E-state index is 0.0398. The van der Waals surface area contributed by atoms with E-state index in [1.807, 2.05) is 30.3 Å². The van der Waals surface area contributed by atoms with Gasteiger partial charge in [0, 0.05) is 30.1 Å². The second-order valence-electron chi connectivity index (χ2n) is 9.54. The Balaban J connectivity index is 1.81. The van der Waals surface area contributed by atoms with Crippen LogP contribution in [0.3, 0.4) is 0 Å². The number of likely N-dealkylation sites (N-methyl/N-ethyl adjacent to an activating group) is 1. The summed E-state index contributed by atoms with van der Waals surface area (Å²) in [5.41, 5.74) is 1.48. The van der Waals surface area contributed by atoms with Gasteiger partial charge in [-0.15, -0.1) is 0 Å². The lowest BCUT2D eigenvalue weighted by molar-refractivity contribution is -0.139. The van der Waals surface area contributed by atoms with Gasteiger partial charge in [0.05, 0.1) is 20.6 Å². The third kappa shape index (κ3) is 8.22. The van der Waals surface area contributed by atoms with E-state index in [9.17, 15) is 18.0 Å². The van der Waals surface area contributed by atoms with E-state index in [2.05, 4.69) is 5.32 Å². The third-order valence-electron chi connectivity index (χ3n) is 6.60. The van der Waals surface area contributed by atoms with Gasteiger partial charge < -0.3 is 10.2 Å². The lowest BCUT2D eigenvalue weighted by Crippen LogP contribution is -2.53.